The van der Waals surface area contributed by atoms with Gasteiger partial charge in [0, 0.05) is 25.5 Å². The van der Waals surface area contributed by atoms with E-state index in [0.717, 1.165) is 16.7 Å². The number of nitrogens with zero attached hydrogens (tertiary/aromatic N) is 2. The normalized spacial score (nSPS) is 12.6. The Morgan fingerprint density at radius 1 is 1.09 bits per heavy atom. The quantitative estimate of drug-likeness (QED) is 0.492. The van der Waals surface area contributed by atoms with Crippen LogP contribution in [0.3, 0.4) is 0 Å². The van der Waals surface area contributed by atoms with E-state index >= 15 is 0 Å². The lowest BCUT2D eigenvalue weighted by Gasteiger charge is -2.20. The Morgan fingerprint density at radius 2 is 1.81 bits per heavy atom. The highest BCUT2D eigenvalue weighted by Crippen LogP contribution is 2.14. The van der Waals surface area contributed by atoms with Crippen LogP contribution in [0.1, 0.15) is 37.0 Å². The van der Waals surface area contributed by atoms with E-state index in [4.69, 9.17) is 0 Å². The fourth-order valence-electron chi connectivity index (χ4n) is 3.39. The van der Waals surface area contributed by atoms with Crippen molar-refractivity contribution < 1.29 is 13.2 Å². The highest BCUT2D eigenvalue weighted by molar-refractivity contribution is 7.89. The van der Waals surface area contributed by atoms with Crippen molar-refractivity contribution in [3.05, 3.63) is 83.9 Å². The third-order valence-corrected chi connectivity index (χ3v) is 6.52. The Balaban J connectivity index is 1.66. The average molecular weight is 455 g/mol. The van der Waals surface area contributed by atoms with Crippen LogP contribution < -0.4 is 10.0 Å². The summed E-state index contributed by atoms with van der Waals surface area (Å²) in [6.07, 6.45) is 5.78. The molecule has 0 aliphatic heterocycles. The highest BCUT2D eigenvalue weighted by atomic mass is 32.2. The highest BCUT2D eigenvalue weighted by Gasteiger charge is 2.26. The van der Waals surface area contributed by atoms with Crippen LogP contribution in [-0.2, 0) is 27.9 Å². The average Bonchev–Trinajstić information content (AvgIpc) is 3.24. The molecule has 0 aliphatic rings. The summed E-state index contributed by atoms with van der Waals surface area (Å²) in [5.41, 5.74) is 3.00. The third-order valence-electron chi connectivity index (χ3n) is 5.03. The molecule has 1 heterocycles. The van der Waals surface area contributed by atoms with E-state index in [2.05, 4.69) is 15.0 Å². The molecule has 0 saturated carbocycles. The van der Waals surface area contributed by atoms with E-state index in [-0.39, 0.29) is 16.7 Å². The van der Waals surface area contributed by atoms with Gasteiger partial charge in [-0.2, -0.15) is 4.72 Å². The second kappa shape index (κ2) is 10.6. The number of hydrogen-bond acceptors (Lipinski definition) is 4. The molecule has 170 valence electrons. The number of carbonyl (C=O) groups excluding carboxylic acids is 1. The van der Waals surface area contributed by atoms with Crippen LogP contribution >= 0.6 is 0 Å². The molecule has 2 N–H and O–H groups in total. The number of sulfonamides is 1. The van der Waals surface area contributed by atoms with Gasteiger partial charge in [-0.1, -0.05) is 55.8 Å². The lowest BCUT2D eigenvalue weighted by molar-refractivity contribution is -0.123. The molecule has 1 amide bonds. The second-order valence-electron chi connectivity index (χ2n) is 8.39. The van der Waals surface area contributed by atoms with E-state index in [9.17, 15) is 13.2 Å². The van der Waals surface area contributed by atoms with Gasteiger partial charge in [-0.15, -0.1) is 0 Å². The van der Waals surface area contributed by atoms with Gasteiger partial charge in [0.15, 0.2) is 0 Å². The SMILES string of the molecule is Cc1ccc(S(=O)(=O)NC(CC(C)C)C(=O)NCc2cccc(Cn3ccnc3)c2)cc1. The predicted octanol–water partition coefficient (Wildman–Crippen LogP) is 3.25. The van der Waals surface area contributed by atoms with E-state index in [1.807, 2.05) is 55.8 Å². The summed E-state index contributed by atoms with van der Waals surface area (Å²) < 4.78 is 30.2. The first-order valence-electron chi connectivity index (χ1n) is 10.6. The second-order valence-corrected chi connectivity index (χ2v) is 10.1. The largest absolute Gasteiger partial charge is 0.351 e. The van der Waals surface area contributed by atoms with Gasteiger partial charge in [-0.25, -0.2) is 13.4 Å². The van der Waals surface area contributed by atoms with Crippen molar-refractivity contribution in [2.24, 2.45) is 5.92 Å². The Morgan fingerprint density at radius 3 is 2.47 bits per heavy atom. The zero-order valence-electron chi connectivity index (χ0n) is 18.7. The zero-order chi connectivity index (χ0) is 23.1. The fourth-order valence-corrected chi connectivity index (χ4v) is 4.60. The molecule has 7 nitrogen and oxygen atoms in total. The molecule has 32 heavy (non-hydrogen) atoms. The molecule has 8 heteroatoms. The minimum atomic E-state index is -3.81. The van der Waals surface area contributed by atoms with E-state index in [1.165, 1.54) is 0 Å². The molecular weight excluding hydrogens is 424 g/mol. The molecule has 0 aliphatic carbocycles. The van der Waals surface area contributed by atoms with Crippen LogP contribution in [-0.4, -0.2) is 29.9 Å². The Bertz CT molecular complexity index is 1120. The molecule has 3 rings (SSSR count). The van der Waals surface area contributed by atoms with Gasteiger partial charge >= 0.3 is 0 Å². The first kappa shape index (κ1) is 23.7. The molecule has 0 fully saturated rings. The summed E-state index contributed by atoms with van der Waals surface area (Å²) in [6.45, 7) is 6.81. The number of carbonyl (C=O) groups is 1. The topological polar surface area (TPSA) is 93.1 Å². The fraction of sp³-hybridized carbons (Fsp3) is 0.333. The number of amides is 1. The lowest BCUT2D eigenvalue weighted by Crippen LogP contribution is -2.47. The molecule has 1 unspecified atom stereocenters. The van der Waals surface area contributed by atoms with Crippen LogP contribution in [0.4, 0.5) is 0 Å². The molecule has 0 saturated heterocycles. The summed E-state index contributed by atoms with van der Waals surface area (Å²) in [7, 11) is -3.81. The minimum Gasteiger partial charge on any atom is -0.351 e. The van der Waals surface area contributed by atoms with Crippen LogP contribution in [0.25, 0.3) is 0 Å². The minimum absolute atomic E-state index is 0.143. The lowest BCUT2D eigenvalue weighted by atomic mass is 10.0. The van der Waals surface area contributed by atoms with Crippen molar-refractivity contribution in [3.8, 4) is 0 Å². The van der Waals surface area contributed by atoms with Gasteiger partial charge in [0.2, 0.25) is 15.9 Å². The molecule has 1 atom stereocenters. The number of aryl methyl sites for hydroxylation is 1. The van der Waals surface area contributed by atoms with Crippen molar-refractivity contribution in [3.63, 3.8) is 0 Å². The van der Waals surface area contributed by atoms with Gasteiger partial charge in [0.25, 0.3) is 0 Å². The monoisotopic (exact) mass is 454 g/mol. The molecular formula is C24H30N4O3S. The summed E-state index contributed by atoms with van der Waals surface area (Å²) in [6, 6.07) is 13.6. The van der Waals surface area contributed by atoms with Gasteiger partial charge in [-0.3, -0.25) is 4.79 Å². The van der Waals surface area contributed by atoms with Gasteiger partial charge in [-0.05, 0) is 42.5 Å². The third kappa shape index (κ3) is 6.77. The first-order valence-corrected chi connectivity index (χ1v) is 12.1. The Hall–Kier alpha value is -2.97. The van der Waals surface area contributed by atoms with Crippen LogP contribution in [0.2, 0.25) is 0 Å². The van der Waals surface area contributed by atoms with Crippen LogP contribution in [0, 0.1) is 12.8 Å². The zero-order valence-corrected chi connectivity index (χ0v) is 19.5. The molecule has 0 spiro atoms. The number of imidazole rings is 1. The maximum Gasteiger partial charge on any atom is 0.241 e. The molecule has 3 aromatic rings. The predicted molar refractivity (Wildman–Crippen MR) is 124 cm³/mol. The number of aromatic nitrogens is 2. The van der Waals surface area contributed by atoms with Crippen molar-refractivity contribution in [2.75, 3.05) is 0 Å². The number of nitrogens with one attached hydrogen (secondary N) is 2. The maximum atomic E-state index is 12.9. The molecule has 2 aromatic carbocycles. The summed E-state index contributed by atoms with van der Waals surface area (Å²) >= 11 is 0. The number of benzene rings is 2. The molecule has 0 bridgehead atoms. The summed E-state index contributed by atoms with van der Waals surface area (Å²) in [5.74, 6) is -0.195. The number of hydrogen-bond donors (Lipinski definition) is 2. The van der Waals surface area contributed by atoms with Crippen LogP contribution in [0.5, 0.6) is 0 Å². The Labute approximate surface area is 189 Å². The van der Waals surface area contributed by atoms with Crippen molar-refractivity contribution >= 4 is 15.9 Å². The van der Waals surface area contributed by atoms with E-state index in [0.29, 0.717) is 19.5 Å². The van der Waals surface area contributed by atoms with Gasteiger partial charge < -0.3 is 9.88 Å². The molecule has 0 radical (unpaired) electrons. The van der Waals surface area contributed by atoms with Crippen molar-refractivity contribution in [1.29, 1.82) is 0 Å². The van der Waals surface area contributed by atoms with Gasteiger partial charge in [0.1, 0.15) is 6.04 Å². The van der Waals surface area contributed by atoms with Crippen molar-refractivity contribution in [1.82, 2.24) is 19.6 Å². The van der Waals surface area contributed by atoms with E-state index < -0.39 is 16.1 Å². The summed E-state index contributed by atoms with van der Waals surface area (Å²) in [4.78, 5) is 17.1. The summed E-state index contributed by atoms with van der Waals surface area (Å²) in [5, 5.41) is 2.89. The first-order chi connectivity index (χ1) is 15.2. The van der Waals surface area contributed by atoms with Crippen LogP contribution in [0.15, 0.2) is 72.1 Å². The molecule has 1 aromatic heterocycles. The van der Waals surface area contributed by atoms with Gasteiger partial charge in [0.05, 0.1) is 11.2 Å². The van der Waals surface area contributed by atoms with E-state index in [1.54, 1.807) is 36.8 Å². The maximum absolute atomic E-state index is 12.9. The Kier molecular flexibility index (Phi) is 7.82. The smallest absolute Gasteiger partial charge is 0.241 e. The van der Waals surface area contributed by atoms with Crippen molar-refractivity contribution in [2.45, 2.75) is 51.2 Å². The standard InChI is InChI=1S/C24H30N4O3S/c1-18(2)13-23(27-32(30,31)22-9-7-19(3)8-10-22)24(29)26-15-20-5-4-6-21(14-20)16-28-12-11-25-17-28/h4-12,14,17-18,23,27H,13,15-16H2,1-3H3,(H,26,29). The number of rotatable bonds is 10.